The molecule has 0 unspecified atom stereocenters. The number of rotatable bonds is 5. The van der Waals surface area contributed by atoms with Gasteiger partial charge >= 0.3 is 0 Å². The summed E-state index contributed by atoms with van der Waals surface area (Å²) >= 11 is 0. The normalized spacial score (nSPS) is 10.6. The molecule has 1 N–H and O–H groups in total. The zero-order chi connectivity index (χ0) is 16.9. The van der Waals surface area contributed by atoms with Crippen LogP contribution in [-0.2, 0) is 13.1 Å². The summed E-state index contributed by atoms with van der Waals surface area (Å²) in [6.45, 7) is 5.26. The average molecular weight is 319 g/mol. The monoisotopic (exact) mass is 319 g/mol. The Labute approximate surface area is 142 Å². The Hall–Kier alpha value is -2.88. The van der Waals surface area contributed by atoms with Gasteiger partial charge in [0.15, 0.2) is 0 Å². The first kappa shape index (κ1) is 16.0. The van der Waals surface area contributed by atoms with E-state index in [4.69, 9.17) is 0 Å². The second-order valence-electron chi connectivity index (χ2n) is 5.84. The maximum atomic E-state index is 12.2. The maximum absolute atomic E-state index is 12.2. The molecule has 2 aromatic carbocycles. The summed E-state index contributed by atoms with van der Waals surface area (Å²) in [5, 5.41) is 7.60. The van der Waals surface area contributed by atoms with Gasteiger partial charge in [0.2, 0.25) is 0 Å². The number of benzene rings is 2. The van der Waals surface area contributed by atoms with Gasteiger partial charge in [-0.1, -0.05) is 48.5 Å². The van der Waals surface area contributed by atoms with E-state index < -0.39 is 0 Å². The van der Waals surface area contributed by atoms with Crippen molar-refractivity contribution in [2.75, 3.05) is 0 Å². The lowest BCUT2D eigenvalue weighted by molar-refractivity contribution is 0.0951. The van der Waals surface area contributed by atoms with E-state index in [0.717, 1.165) is 23.5 Å². The average Bonchev–Trinajstić information content (AvgIpc) is 2.88. The molecule has 0 radical (unpaired) electrons. The van der Waals surface area contributed by atoms with Crippen molar-refractivity contribution in [2.45, 2.75) is 26.9 Å². The summed E-state index contributed by atoms with van der Waals surface area (Å²) in [5.41, 5.74) is 5.00. The number of aromatic nitrogens is 2. The van der Waals surface area contributed by atoms with Gasteiger partial charge in [-0.05, 0) is 31.5 Å². The Balaban J connectivity index is 1.71. The van der Waals surface area contributed by atoms with Gasteiger partial charge in [-0.15, -0.1) is 0 Å². The van der Waals surface area contributed by atoms with E-state index in [-0.39, 0.29) is 5.91 Å². The molecule has 0 aliphatic rings. The van der Waals surface area contributed by atoms with Crippen LogP contribution in [0.25, 0.3) is 0 Å². The third kappa shape index (κ3) is 3.54. The van der Waals surface area contributed by atoms with E-state index in [1.807, 2.05) is 67.1 Å². The Kier molecular flexibility index (Phi) is 4.75. The molecule has 24 heavy (non-hydrogen) atoms. The SMILES string of the molecule is Cc1nn(Cc2ccccc2)c(C)c1CNC(=O)c1ccccc1. The number of carbonyl (C=O) groups is 1. The van der Waals surface area contributed by atoms with Crippen molar-refractivity contribution in [1.82, 2.24) is 15.1 Å². The van der Waals surface area contributed by atoms with Crippen LogP contribution in [0.15, 0.2) is 60.7 Å². The highest BCUT2D eigenvalue weighted by Crippen LogP contribution is 2.15. The number of hydrogen-bond donors (Lipinski definition) is 1. The number of carbonyl (C=O) groups excluding carboxylic acids is 1. The number of aryl methyl sites for hydroxylation is 1. The van der Waals surface area contributed by atoms with Crippen LogP contribution in [0.5, 0.6) is 0 Å². The van der Waals surface area contributed by atoms with Gasteiger partial charge in [0.1, 0.15) is 0 Å². The highest BCUT2D eigenvalue weighted by atomic mass is 16.1. The van der Waals surface area contributed by atoms with Crippen molar-refractivity contribution in [3.05, 3.63) is 88.7 Å². The molecule has 0 aliphatic heterocycles. The van der Waals surface area contributed by atoms with E-state index >= 15 is 0 Å². The summed E-state index contributed by atoms with van der Waals surface area (Å²) < 4.78 is 1.99. The van der Waals surface area contributed by atoms with Crippen LogP contribution in [0, 0.1) is 13.8 Å². The molecular formula is C20H21N3O. The minimum Gasteiger partial charge on any atom is -0.348 e. The van der Waals surface area contributed by atoms with Gasteiger partial charge < -0.3 is 5.32 Å². The first-order valence-corrected chi connectivity index (χ1v) is 8.05. The van der Waals surface area contributed by atoms with Crippen LogP contribution >= 0.6 is 0 Å². The van der Waals surface area contributed by atoms with Crippen LogP contribution in [0.1, 0.15) is 32.9 Å². The van der Waals surface area contributed by atoms with E-state index in [0.29, 0.717) is 12.1 Å². The zero-order valence-electron chi connectivity index (χ0n) is 14.0. The maximum Gasteiger partial charge on any atom is 0.251 e. The summed E-state index contributed by atoms with van der Waals surface area (Å²) in [6, 6.07) is 19.5. The molecule has 4 heteroatoms. The first-order valence-electron chi connectivity index (χ1n) is 8.05. The van der Waals surface area contributed by atoms with Gasteiger partial charge in [-0.2, -0.15) is 5.10 Å². The molecule has 1 amide bonds. The molecule has 1 aromatic heterocycles. The highest BCUT2D eigenvalue weighted by Gasteiger charge is 2.13. The molecule has 122 valence electrons. The van der Waals surface area contributed by atoms with Gasteiger partial charge in [-0.3, -0.25) is 9.48 Å². The fourth-order valence-electron chi connectivity index (χ4n) is 2.76. The molecule has 0 aliphatic carbocycles. The van der Waals surface area contributed by atoms with Crippen LogP contribution in [0.3, 0.4) is 0 Å². The van der Waals surface area contributed by atoms with Crippen molar-refractivity contribution in [2.24, 2.45) is 0 Å². The van der Waals surface area contributed by atoms with Gasteiger partial charge in [0, 0.05) is 23.4 Å². The van der Waals surface area contributed by atoms with Crippen molar-refractivity contribution in [1.29, 1.82) is 0 Å². The number of nitrogens with one attached hydrogen (secondary N) is 1. The molecule has 3 rings (SSSR count). The smallest absolute Gasteiger partial charge is 0.251 e. The molecule has 0 saturated heterocycles. The lowest BCUT2D eigenvalue weighted by atomic mass is 10.1. The molecule has 0 saturated carbocycles. The predicted molar refractivity (Wildman–Crippen MR) is 94.9 cm³/mol. The molecule has 0 fully saturated rings. The second-order valence-corrected chi connectivity index (χ2v) is 5.84. The largest absolute Gasteiger partial charge is 0.348 e. The molecular weight excluding hydrogens is 298 g/mol. The lowest BCUT2D eigenvalue weighted by Gasteiger charge is -2.07. The highest BCUT2D eigenvalue weighted by molar-refractivity contribution is 5.94. The van der Waals surface area contributed by atoms with Crippen LogP contribution in [0.2, 0.25) is 0 Å². The molecule has 1 heterocycles. The van der Waals surface area contributed by atoms with Crippen molar-refractivity contribution >= 4 is 5.91 Å². The van der Waals surface area contributed by atoms with Crippen LogP contribution in [-0.4, -0.2) is 15.7 Å². The standard InChI is InChI=1S/C20H21N3O/c1-15-19(13-21-20(24)18-11-7-4-8-12-18)16(2)23(22-15)14-17-9-5-3-6-10-17/h3-12H,13-14H2,1-2H3,(H,21,24). The summed E-state index contributed by atoms with van der Waals surface area (Å²) in [4.78, 5) is 12.2. The molecule has 3 aromatic rings. The Morgan fingerprint density at radius 3 is 2.29 bits per heavy atom. The molecule has 0 atom stereocenters. The summed E-state index contributed by atoms with van der Waals surface area (Å²) in [7, 11) is 0. The Morgan fingerprint density at radius 1 is 1.00 bits per heavy atom. The summed E-state index contributed by atoms with van der Waals surface area (Å²) in [5.74, 6) is -0.0646. The molecule has 0 bridgehead atoms. The minimum absolute atomic E-state index is 0.0646. The van der Waals surface area contributed by atoms with Crippen molar-refractivity contribution < 1.29 is 4.79 Å². The van der Waals surface area contributed by atoms with Gasteiger partial charge in [-0.25, -0.2) is 0 Å². The minimum atomic E-state index is -0.0646. The number of hydrogen-bond acceptors (Lipinski definition) is 2. The van der Waals surface area contributed by atoms with E-state index in [2.05, 4.69) is 22.5 Å². The number of amides is 1. The van der Waals surface area contributed by atoms with E-state index in [1.54, 1.807) is 0 Å². The third-order valence-electron chi connectivity index (χ3n) is 4.17. The quantitative estimate of drug-likeness (QED) is 0.782. The summed E-state index contributed by atoms with van der Waals surface area (Å²) in [6.07, 6.45) is 0. The molecule has 0 spiro atoms. The van der Waals surface area contributed by atoms with E-state index in [9.17, 15) is 4.79 Å². The van der Waals surface area contributed by atoms with Crippen molar-refractivity contribution in [3.63, 3.8) is 0 Å². The fraction of sp³-hybridized carbons (Fsp3) is 0.200. The lowest BCUT2D eigenvalue weighted by Crippen LogP contribution is -2.23. The number of nitrogens with zero attached hydrogens (tertiary/aromatic N) is 2. The second kappa shape index (κ2) is 7.13. The third-order valence-corrected chi connectivity index (χ3v) is 4.17. The van der Waals surface area contributed by atoms with E-state index in [1.165, 1.54) is 5.56 Å². The van der Waals surface area contributed by atoms with Gasteiger partial charge in [0.05, 0.1) is 12.2 Å². The predicted octanol–water partition coefficient (Wildman–Crippen LogP) is 3.48. The van der Waals surface area contributed by atoms with Crippen molar-refractivity contribution in [3.8, 4) is 0 Å². The Morgan fingerprint density at radius 2 is 1.62 bits per heavy atom. The first-order chi connectivity index (χ1) is 11.6. The van der Waals surface area contributed by atoms with Crippen LogP contribution < -0.4 is 5.32 Å². The molecule has 4 nitrogen and oxygen atoms in total. The zero-order valence-corrected chi connectivity index (χ0v) is 14.0. The fourth-order valence-corrected chi connectivity index (χ4v) is 2.76. The topological polar surface area (TPSA) is 46.9 Å². The van der Waals surface area contributed by atoms with Crippen LogP contribution in [0.4, 0.5) is 0 Å². The van der Waals surface area contributed by atoms with Gasteiger partial charge in [0.25, 0.3) is 5.91 Å². The Bertz CT molecular complexity index is 823.